The maximum absolute atomic E-state index is 15.0. The van der Waals surface area contributed by atoms with Crippen LogP contribution in [0.25, 0.3) is 16.6 Å². The van der Waals surface area contributed by atoms with E-state index < -0.39 is 34.4 Å². The van der Waals surface area contributed by atoms with Crippen LogP contribution in [0.3, 0.4) is 0 Å². The maximum Gasteiger partial charge on any atom is 0.343 e. The number of hydrogen-bond acceptors (Lipinski definition) is 4. The van der Waals surface area contributed by atoms with Crippen LogP contribution < -0.4 is 16.1 Å². The Balaban J connectivity index is 2.20. The van der Waals surface area contributed by atoms with Gasteiger partial charge in [-0.1, -0.05) is 6.92 Å². The summed E-state index contributed by atoms with van der Waals surface area (Å²) in [6.07, 6.45) is 0.628. The van der Waals surface area contributed by atoms with Crippen LogP contribution in [0.4, 0.5) is 19.0 Å². The zero-order valence-corrected chi connectivity index (χ0v) is 17.6. The lowest BCUT2D eigenvalue weighted by atomic mass is 9.90. The molecule has 6 nitrogen and oxygen atoms in total. The SMILES string of the molecule is Cc1c(F)ccc2c1c(=O)c(C(=O)O)c(N1CCC(C)(CN)C1)n2-c1ccc(F)cc1F. The maximum atomic E-state index is 15.0. The highest BCUT2D eigenvalue weighted by Gasteiger charge is 2.37. The molecule has 168 valence electrons. The van der Waals surface area contributed by atoms with E-state index in [9.17, 15) is 27.9 Å². The second-order valence-corrected chi connectivity index (χ2v) is 8.52. The fourth-order valence-electron chi connectivity index (χ4n) is 4.37. The molecule has 1 saturated heterocycles. The van der Waals surface area contributed by atoms with Gasteiger partial charge in [0.05, 0.1) is 16.6 Å². The summed E-state index contributed by atoms with van der Waals surface area (Å²) in [6, 6.07) is 5.31. The molecule has 1 aliphatic heterocycles. The summed E-state index contributed by atoms with van der Waals surface area (Å²) in [4.78, 5) is 27.3. The number of pyridine rings is 1. The lowest BCUT2D eigenvalue weighted by Crippen LogP contribution is -2.35. The van der Waals surface area contributed by atoms with Gasteiger partial charge in [-0.15, -0.1) is 0 Å². The Morgan fingerprint density at radius 1 is 1.19 bits per heavy atom. The summed E-state index contributed by atoms with van der Waals surface area (Å²) in [5.74, 6) is -4.01. The van der Waals surface area contributed by atoms with E-state index in [-0.39, 0.29) is 33.4 Å². The quantitative estimate of drug-likeness (QED) is 0.641. The Morgan fingerprint density at radius 3 is 2.50 bits per heavy atom. The number of halogens is 3. The van der Waals surface area contributed by atoms with Crippen molar-refractivity contribution in [3.05, 3.63) is 69.1 Å². The normalized spacial score (nSPS) is 18.5. The lowest BCUT2D eigenvalue weighted by Gasteiger charge is -2.29. The molecule has 1 fully saturated rings. The lowest BCUT2D eigenvalue weighted by molar-refractivity contribution is 0.0695. The zero-order valence-electron chi connectivity index (χ0n) is 17.6. The van der Waals surface area contributed by atoms with Gasteiger partial charge >= 0.3 is 5.97 Å². The molecule has 2 heterocycles. The summed E-state index contributed by atoms with van der Waals surface area (Å²) < 4.78 is 44.2. The van der Waals surface area contributed by atoms with Gasteiger partial charge in [0.25, 0.3) is 0 Å². The molecule has 0 radical (unpaired) electrons. The van der Waals surface area contributed by atoms with Crippen LogP contribution >= 0.6 is 0 Å². The number of rotatable bonds is 4. The van der Waals surface area contributed by atoms with Crippen LogP contribution in [0.1, 0.15) is 29.3 Å². The van der Waals surface area contributed by atoms with Gasteiger partial charge in [-0.05, 0) is 55.1 Å². The van der Waals surface area contributed by atoms with Crippen molar-refractivity contribution >= 4 is 22.7 Å². The minimum absolute atomic E-state index is 0.0382. The van der Waals surface area contributed by atoms with Crippen molar-refractivity contribution in [3.8, 4) is 5.69 Å². The highest BCUT2D eigenvalue weighted by atomic mass is 19.1. The third kappa shape index (κ3) is 3.33. The predicted octanol–water partition coefficient (Wildman–Crippen LogP) is 3.59. The smallest absolute Gasteiger partial charge is 0.343 e. The molecular weight excluding hydrogens is 423 g/mol. The second kappa shape index (κ2) is 7.67. The second-order valence-electron chi connectivity index (χ2n) is 8.52. The van der Waals surface area contributed by atoms with Crippen molar-refractivity contribution in [1.29, 1.82) is 0 Å². The van der Waals surface area contributed by atoms with Crippen molar-refractivity contribution in [2.24, 2.45) is 11.1 Å². The fraction of sp³-hybridized carbons (Fsp3) is 0.304. The molecule has 1 aliphatic rings. The molecule has 0 bridgehead atoms. The number of aryl methyl sites for hydroxylation is 1. The Hall–Kier alpha value is -3.33. The standard InChI is InChI=1S/C23H22F3N3O3/c1-12-14(25)4-6-17-18(12)20(30)19(22(31)32)21(28-8-7-23(2,10-27)11-28)29(17)16-5-3-13(24)9-15(16)26/h3-6,9H,7-8,10-11,27H2,1-2H3,(H,31,32). The third-order valence-electron chi connectivity index (χ3n) is 6.22. The summed E-state index contributed by atoms with van der Waals surface area (Å²) in [6.45, 7) is 4.34. The van der Waals surface area contributed by atoms with E-state index in [4.69, 9.17) is 5.73 Å². The van der Waals surface area contributed by atoms with Gasteiger partial charge in [0.2, 0.25) is 5.43 Å². The van der Waals surface area contributed by atoms with Gasteiger partial charge in [0, 0.05) is 19.2 Å². The van der Waals surface area contributed by atoms with Crippen LogP contribution in [0, 0.1) is 29.8 Å². The Morgan fingerprint density at radius 2 is 1.91 bits per heavy atom. The number of nitrogens with two attached hydrogens (primary N) is 1. The molecule has 1 atom stereocenters. The molecule has 32 heavy (non-hydrogen) atoms. The molecular formula is C23H22F3N3O3. The average Bonchev–Trinajstić information content (AvgIpc) is 3.13. The highest BCUT2D eigenvalue weighted by Crippen LogP contribution is 2.37. The van der Waals surface area contributed by atoms with Gasteiger partial charge in [-0.2, -0.15) is 0 Å². The predicted molar refractivity (Wildman–Crippen MR) is 115 cm³/mol. The topological polar surface area (TPSA) is 88.6 Å². The molecule has 3 aromatic rings. The van der Waals surface area contributed by atoms with Crippen LogP contribution in [0.15, 0.2) is 35.1 Å². The molecule has 0 aliphatic carbocycles. The largest absolute Gasteiger partial charge is 0.477 e. The van der Waals surface area contributed by atoms with Gasteiger partial charge in [0.1, 0.15) is 28.8 Å². The summed E-state index contributed by atoms with van der Waals surface area (Å²) >= 11 is 0. The molecule has 2 aromatic carbocycles. The highest BCUT2D eigenvalue weighted by molar-refractivity contribution is 6.00. The number of aromatic carboxylic acids is 1. The molecule has 4 rings (SSSR count). The van der Waals surface area contributed by atoms with Crippen molar-refractivity contribution in [2.75, 3.05) is 24.5 Å². The summed E-state index contributed by atoms with van der Waals surface area (Å²) in [7, 11) is 0. The number of fused-ring (bicyclic) bond motifs is 1. The number of benzene rings is 2. The molecule has 0 amide bonds. The first-order valence-corrected chi connectivity index (χ1v) is 10.1. The number of hydrogen-bond donors (Lipinski definition) is 2. The minimum Gasteiger partial charge on any atom is -0.477 e. The Bertz CT molecular complexity index is 1320. The van der Waals surface area contributed by atoms with Gasteiger partial charge < -0.3 is 15.7 Å². The minimum atomic E-state index is -1.52. The molecule has 9 heteroatoms. The fourth-order valence-corrected chi connectivity index (χ4v) is 4.37. The first-order valence-electron chi connectivity index (χ1n) is 10.1. The van der Waals surface area contributed by atoms with Crippen LogP contribution in [-0.2, 0) is 0 Å². The summed E-state index contributed by atoms with van der Waals surface area (Å²) in [5, 5.41) is 9.82. The Kier molecular flexibility index (Phi) is 5.24. The van der Waals surface area contributed by atoms with E-state index in [0.29, 0.717) is 32.1 Å². The van der Waals surface area contributed by atoms with Crippen molar-refractivity contribution < 1.29 is 23.1 Å². The molecule has 0 saturated carbocycles. The molecule has 1 aromatic heterocycles. The van der Waals surface area contributed by atoms with E-state index in [1.165, 1.54) is 23.6 Å². The third-order valence-corrected chi connectivity index (χ3v) is 6.22. The van der Waals surface area contributed by atoms with Crippen molar-refractivity contribution in [1.82, 2.24) is 4.57 Å². The van der Waals surface area contributed by atoms with Crippen LogP contribution in [0.5, 0.6) is 0 Å². The average molecular weight is 445 g/mol. The van der Waals surface area contributed by atoms with E-state index in [2.05, 4.69) is 0 Å². The molecule has 0 spiro atoms. The van der Waals surface area contributed by atoms with Crippen molar-refractivity contribution in [2.45, 2.75) is 20.3 Å². The van der Waals surface area contributed by atoms with Crippen molar-refractivity contribution in [3.63, 3.8) is 0 Å². The van der Waals surface area contributed by atoms with Gasteiger partial charge in [-0.3, -0.25) is 9.36 Å². The number of aromatic nitrogens is 1. The van der Waals surface area contributed by atoms with E-state index in [0.717, 1.165) is 12.1 Å². The van der Waals surface area contributed by atoms with E-state index in [1.807, 2.05) is 6.92 Å². The van der Waals surface area contributed by atoms with E-state index >= 15 is 0 Å². The number of nitrogens with zero attached hydrogens (tertiary/aromatic N) is 2. The number of anilines is 1. The van der Waals surface area contributed by atoms with Gasteiger partial charge in [-0.25, -0.2) is 18.0 Å². The number of carboxylic acid groups (broad SMARTS) is 1. The monoisotopic (exact) mass is 445 g/mol. The zero-order chi connectivity index (χ0) is 23.4. The van der Waals surface area contributed by atoms with Crippen LogP contribution in [-0.4, -0.2) is 35.3 Å². The number of carbonyl (C=O) groups is 1. The Labute approximate surface area is 181 Å². The number of carboxylic acids is 1. The van der Waals surface area contributed by atoms with Crippen LogP contribution in [0.2, 0.25) is 0 Å². The summed E-state index contributed by atoms with van der Waals surface area (Å²) in [5.41, 5.74) is 4.02. The molecule has 3 N–H and O–H groups in total. The first-order chi connectivity index (χ1) is 15.1. The molecule has 1 unspecified atom stereocenters. The van der Waals surface area contributed by atoms with E-state index in [1.54, 1.807) is 4.90 Å². The first kappa shape index (κ1) is 21.9. The van der Waals surface area contributed by atoms with Gasteiger partial charge in [0.15, 0.2) is 0 Å².